The van der Waals surface area contributed by atoms with Crippen molar-refractivity contribution in [2.24, 2.45) is 0 Å². The van der Waals surface area contributed by atoms with Crippen LogP contribution in [0, 0.1) is 0 Å². The van der Waals surface area contributed by atoms with Crippen LogP contribution in [0.25, 0.3) is 0 Å². The fourth-order valence-corrected chi connectivity index (χ4v) is 4.06. The van der Waals surface area contributed by atoms with E-state index in [4.69, 9.17) is 0 Å². The fraction of sp³-hybridized carbons (Fsp3) is 0.923. The van der Waals surface area contributed by atoms with Crippen LogP contribution in [0.3, 0.4) is 0 Å². The van der Waals surface area contributed by atoms with Gasteiger partial charge < -0.3 is 10.6 Å². The quantitative estimate of drug-likeness (QED) is 0.798. The summed E-state index contributed by atoms with van der Waals surface area (Å²) in [5.41, 5.74) is 0.254. The number of carbonyl (C=O) groups is 1. The molecule has 2 N–H and O–H groups in total. The zero-order chi connectivity index (χ0) is 12.8. The smallest absolute Gasteiger partial charge is 0.234 e. The van der Waals surface area contributed by atoms with Crippen molar-refractivity contribution in [2.75, 3.05) is 44.7 Å². The topological polar surface area (TPSA) is 44.4 Å². The number of nitrogens with one attached hydrogen (secondary N) is 2. The molecule has 0 aromatic carbocycles. The number of rotatable bonds is 5. The maximum absolute atomic E-state index is 11.6. The normalized spacial score (nSPS) is 22.8. The first kappa shape index (κ1) is 17.1. The number of nitrogens with zero attached hydrogens (tertiary/aromatic N) is 1. The molecule has 0 aromatic rings. The van der Waals surface area contributed by atoms with Crippen LogP contribution >= 0.6 is 24.2 Å². The Morgan fingerprint density at radius 3 is 2.47 bits per heavy atom. The molecule has 1 heterocycles. The largest absolute Gasteiger partial charge is 0.353 e. The van der Waals surface area contributed by atoms with Gasteiger partial charge in [0.25, 0.3) is 0 Å². The van der Waals surface area contributed by atoms with Crippen LogP contribution in [0.5, 0.6) is 0 Å². The van der Waals surface area contributed by atoms with Gasteiger partial charge in [-0.25, -0.2) is 0 Å². The first-order valence-corrected chi connectivity index (χ1v) is 8.16. The highest BCUT2D eigenvalue weighted by atomic mass is 35.5. The Morgan fingerprint density at radius 1 is 1.26 bits per heavy atom. The van der Waals surface area contributed by atoms with E-state index in [0.29, 0.717) is 6.54 Å². The molecule has 112 valence electrons. The first-order chi connectivity index (χ1) is 8.77. The Labute approximate surface area is 126 Å². The Hall–Kier alpha value is 0.0300. The minimum absolute atomic E-state index is 0. The molecule has 1 amide bonds. The van der Waals surface area contributed by atoms with Gasteiger partial charge in [-0.1, -0.05) is 12.8 Å². The van der Waals surface area contributed by atoms with Gasteiger partial charge in [-0.2, -0.15) is 11.8 Å². The van der Waals surface area contributed by atoms with Crippen LogP contribution < -0.4 is 10.6 Å². The number of hydrogen-bond acceptors (Lipinski definition) is 4. The van der Waals surface area contributed by atoms with E-state index in [0.717, 1.165) is 6.54 Å². The lowest BCUT2D eigenvalue weighted by Crippen LogP contribution is -2.57. The third-order valence-electron chi connectivity index (χ3n) is 4.17. The third kappa shape index (κ3) is 4.52. The van der Waals surface area contributed by atoms with Crippen LogP contribution in [0.15, 0.2) is 0 Å². The van der Waals surface area contributed by atoms with Crippen LogP contribution in [0.2, 0.25) is 0 Å². The lowest BCUT2D eigenvalue weighted by atomic mass is 9.94. The highest BCUT2D eigenvalue weighted by Crippen LogP contribution is 2.36. The molecule has 1 aliphatic heterocycles. The van der Waals surface area contributed by atoms with Gasteiger partial charge in [0, 0.05) is 36.7 Å². The van der Waals surface area contributed by atoms with Crippen molar-refractivity contribution < 1.29 is 4.79 Å². The summed E-state index contributed by atoms with van der Waals surface area (Å²) in [7, 11) is 1.81. The molecule has 19 heavy (non-hydrogen) atoms. The Balaban J connectivity index is 0.00000180. The Bertz CT molecular complexity index is 279. The molecule has 0 radical (unpaired) electrons. The minimum Gasteiger partial charge on any atom is -0.353 e. The number of likely N-dealkylation sites (N-methyl/N-ethyl adjacent to an activating group) is 1. The molecular formula is C13H26ClN3OS. The third-order valence-corrected chi connectivity index (χ3v) is 5.11. The van der Waals surface area contributed by atoms with Crippen molar-refractivity contribution >= 4 is 30.1 Å². The maximum Gasteiger partial charge on any atom is 0.234 e. The molecule has 0 unspecified atom stereocenters. The highest BCUT2D eigenvalue weighted by Gasteiger charge is 2.39. The van der Waals surface area contributed by atoms with E-state index in [1.807, 2.05) is 18.8 Å². The summed E-state index contributed by atoms with van der Waals surface area (Å²) in [5, 5.41) is 6.02. The zero-order valence-corrected chi connectivity index (χ0v) is 13.4. The summed E-state index contributed by atoms with van der Waals surface area (Å²) in [6, 6.07) is 0. The summed E-state index contributed by atoms with van der Waals surface area (Å²) < 4.78 is 0. The van der Waals surface area contributed by atoms with Crippen molar-refractivity contribution in [2.45, 2.75) is 31.2 Å². The van der Waals surface area contributed by atoms with Crippen molar-refractivity contribution in [1.82, 2.24) is 15.5 Å². The Morgan fingerprint density at radius 2 is 1.89 bits per heavy atom. The molecule has 2 aliphatic rings. The second kappa shape index (κ2) is 8.35. The van der Waals surface area contributed by atoms with E-state index in [1.165, 1.54) is 50.3 Å². The molecule has 4 nitrogen and oxygen atoms in total. The monoisotopic (exact) mass is 307 g/mol. The van der Waals surface area contributed by atoms with Crippen LogP contribution in [-0.2, 0) is 4.79 Å². The second-order valence-electron chi connectivity index (χ2n) is 5.34. The fourth-order valence-electron chi connectivity index (χ4n) is 3.16. The van der Waals surface area contributed by atoms with Crippen LogP contribution in [-0.4, -0.2) is 61.1 Å². The molecule has 6 heteroatoms. The van der Waals surface area contributed by atoms with Gasteiger partial charge >= 0.3 is 0 Å². The van der Waals surface area contributed by atoms with E-state index in [1.54, 1.807) is 0 Å². The zero-order valence-electron chi connectivity index (χ0n) is 11.7. The lowest BCUT2D eigenvalue weighted by molar-refractivity contribution is -0.120. The molecule has 2 rings (SSSR count). The lowest BCUT2D eigenvalue weighted by Gasteiger charge is -2.43. The standard InChI is InChI=1S/C13H25N3OS.ClH/c1-14-10-12(17)15-11-13(4-2-3-5-13)16-6-8-18-9-7-16;/h14H,2-11H2,1H3,(H,15,17);1H. The maximum atomic E-state index is 11.6. The van der Waals surface area contributed by atoms with Crippen molar-refractivity contribution in [3.63, 3.8) is 0 Å². The molecule has 1 saturated heterocycles. The van der Waals surface area contributed by atoms with E-state index < -0.39 is 0 Å². The van der Waals surface area contributed by atoms with Crippen molar-refractivity contribution in [3.8, 4) is 0 Å². The van der Waals surface area contributed by atoms with Crippen LogP contribution in [0.4, 0.5) is 0 Å². The average molecular weight is 308 g/mol. The predicted molar refractivity (Wildman–Crippen MR) is 84.3 cm³/mol. The highest BCUT2D eigenvalue weighted by molar-refractivity contribution is 7.99. The average Bonchev–Trinajstić information content (AvgIpc) is 2.88. The summed E-state index contributed by atoms with van der Waals surface area (Å²) >= 11 is 2.05. The summed E-state index contributed by atoms with van der Waals surface area (Å²) in [6.07, 6.45) is 5.12. The minimum atomic E-state index is 0. The van der Waals surface area contributed by atoms with Gasteiger partial charge in [-0.15, -0.1) is 12.4 Å². The van der Waals surface area contributed by atoms with Gasteiger partial charge in [0.1, 0.15) is 0 Å². The van der Waals surface area contributed by atoms with Gasteiger partial charge in [0.05, 0.1) is 6.54 Å². The molecule has 1 aliphatic carbocycles. The molecule has 0 aromatic heterocycles. The molecule has 0 bridgehead atoms. The van der Waals surface area contributed by atoms with E-state index in [2.05, 4.69) is 15.5 Å². The summed E-state index contributed by atoms with van der Waals surface area (Å²) in [4.78, 5) is 14.3. The molecule has 2 fully saturated rings. The van der Waals surface area contributed by atoms with Crippen LogP contribution in [0.1, 0.15) is 25.7 Å². The number of halogens is 1. The van der Waals surface area contributed by atoms with Gasteiger partial charge in [0.15, 0.2) is 0 Å². The SMILES string of the molecule is CNCC(=O)NCC1(N2CCSCC2)CCCC1.Cl. The van der Waals surface area contributed by atoms with Crippen molar-refractivity contribution in [1.29, 1.82) is 0 Å². The van der Waals surface area contributed by atoms with E-state index >= 15 is 0 Å². The number of carbonyl (C=O) groups excluding carboxylic acids is 1. The number of amides is 1. The van der Waals surface area contributed by atoms with Crippen molar-refractivity contribution in [3.05, 3.63) is 0 Å². The number of hydrogen-bond donors (Lipinski definition) is 2. The summed E-state index contributed by atoms with van der Waals surface area (Å²) in [6.45, 7) is 3.63. The molecule has 0 spiro atoms. The first-order valence-electron chi connectivity index (χ1n) is 7.01. The van der Waals surface area contributed by atoms with Gasteiger partial charge in [-0.05, 0) is 19.9 Å². The summed E-state index contributed by atoms with van der Waals surface area (Å²) in [5.74, 6) is 2.61. The van der Waals surface area contributed by atoms with Gasteiger partial charge in [-0.3, -0.25) is 9.69 Å². The van der Waals surface area contributed by atoms with E-state index in [-0.39, 0.29) is 23.9 Å². The second-order valence-corrected chi connectivity index (χ2v) is 6.56. The molecule has 0 atom stereocenters. The van der Waals surface area contributed by atoms with E-state index in [9.17, 15) is 4.79 Å². The predicted octanol–water partition coefficient (Wildman–Crippen LogP) is 1.11. The number of thioether (sulfide) groups is 1. The molecule has 1 saturated carbocycles. The Kier molecular flexibility index (Phi) is 7.50. The van der Waals surface area contributed by atoms with Gasteiger partial charge in [0.2, 0.25) is 5.91 Å². The molecular weight excluding hydrogens is 282 g/mol.